The molecule has 37 heavy (non-hydrogen) atoms. The lowest BCUT2D eigenvalue weighted by Gasteiger charge is -2.25. The van der Waals surface area contributed by atoms with Gasteiger partial charge in [0, 0.05) is 35.6 Å². The van der Waals surface area contributed by atoms with E-state index in [4.69, 9.17) is 14.7 Å². The molecule has 1 amide bonds. The Morgan fingerprint density at radius 3 is 2.84 bits per heavy atom. The van der Waals surface area contributed by atoms with Crippen molar-refractivity contribution < 1.29 is 14.6 Å². The van der Waals surface area contributed by atoms with Crippen LogP contribution < -0.4 is 10.2 Å². The molecule has 2 aliphatic rings. The van der Waals surface area contributed by atoms with Crippen LogP contribution in [-0.4, -0.2) is 68.9 Å². The van der Waals surface area contributed by atoms with E-state index in [9.17, 15) is 9.90 Å². The molecular formula is C26H31N7O3S. The van der Waals surface area contributed by atoms with E-state index < -0.39 is 6.10 Å². The van der Waals surface area contributed by atoms with Crippen molar-refractivity contribution in [2.24, 2.45) is 10.9 Å². The van der Waals surface area contributed by atoms with Crippen LogP contribution in [0.2, 0.25) is 0 Å². The fourth-order valence-electron chi connectivity index (χ4n) is 4.10. The molecule has 1 saturated heterocycles. The number of pyridine rings is 1. The van der Waals surface area contributed by atoms with E-state index in [1.165, 1.54) is 0 Å². The first kappa shape index (κ1) is 25.2. The zero-order valence-electron chi connectivity index (χ0n) is 21.1. The second-order valence-corrected chi connectivity index (χ2v) is 10.6. The van der Waals surface area contributed by atoms with Gasteiger partial charge in [-0.25, -0.2) is 15.0 Å². The lowest BCUT2D eigenvalue weighted by molar-refractivity contribution is 0.0963. The zero-order chi connectivity index (χ0) is 25.9. The molecule has 10 nitrogen and oxygen atoms in total. The number of nitrogens with one attached hydrogen (secondary N) is 1. The van der Waals surface area contributed by atoms with E-state index in [0.717, 1.165) is 47.2 Å². The summed E-state index contributed by atoms with van der Waals surface area (Å²) < 4.78 is 7.10. The molecule has 11 heteroatoms. The average molecular weight is 522 g/mol. The van der Waals surface area contributed by atoms with Crippen LogP contribution in [0.4, 0.5) is 10.9 Å². The van der Waals surface area contributed by atoms with Crippen molar-refractivity contribution >= 4 is 33.9 Å². The van der Waals surface area contributed by atoms with Crippen molar-refractivity contribution in [3.05, 3.63) is 53.4 Å². The van der Waals surface area contributed by atoms with Crippen molar-refractivity contribution in [2.75, 3.05) is 31.2 Å². The predicted octanol–water partition coefficient (Wildman–Crippen LogP) is 3.35. The molecule has 1 aliphatic carbocycles. The average Bonchev–Trinajstić information content (AvgIpc) is 3.51. The Bertz CT molecular complexity index is 1320. The summed E-state index contributed by atoms with van der Waals surface area (Å²) in [5.41, 5.74) is 2.91. The third-order valence-electron chi connectivity index (χ3n) is 6.17. The Hall–Kier alpha value is -3.41. The fourth-order valence-corrected chi connectivity index (χ4v) is 5.00. The molecule has 0 radical (unpaired) electrons. The first-order valence-electron chi connectivity index (χ1n) is 12.4. The summed E-state index contributed by atoms with van der Waals surface area (Å²) in [6.07, 6.45) is 4.99. The summed E-state index contributed by atoms with van der Waals surface area (Å²) in [6, 6.07) is 5.27. The topological polar surface area (TPSA) is 118 Å². The predicted molar refractivity (Wildman–Crippen MR) is 143 cm³/mol. The smallest absolute Gasteiger partial charge is 0.274 e. The second kappa shape index (κ2) is 10.9. The van der Waals surface area contributed by atoms with Gasteiger partial charge in [0.05, 0.1) is 49.2 Å². The van der Waals surface area contributed by atoms with Gasteiger partial charge in [0.25, 0.3) is 5.91 Å². The number of aromatic nitrogens is 4. The summed E-state index contributed by atoms with van der Waals surface area (Å²) in [7, 11) is 0. The van der Waals surface area contributed by atoms with Crippen LogP contribution in [0.15, 0.2) is 47.9 Å². The minimum Gasteiger partial charge on any atom is -0.391 e. The number of allylic oxidation sites excluding steroid dienone is 1. The highest BCUT2D eigenvalue weighted by molar-refractivity contribution is 7.16. The van der Waals surface area contributed by atoms with E-state index in [1.807, 2.05) is 13.0 Å². The molecule has 1 atom stereocenters. The molecule has 5 rings (SSSR count). The molecule has 0 aromatic carbocycles. The summed E-state index contributed by atoms with van der Waals surface area (Å²) in [4.78, 5) is 30.5. The van der Waals surface area contributed by atoms with Crippen LogP contribution in [-0.2, 0) is 11.3 Å². The van der Waals surface area contributed by atoms with Crippen molar-refractivity contribution in [1.82, 2.24) is 25.1 Å². The van der Waals surface area contributed by atoms with Crippen LogP contribution in [0.25, 0.3) is 11.3 Å². The van der Waals surface area contributed by atoms with Gasteiger partial charge in [-0.05, 0) is 38.8 Å². The molecule has 3 aromatic heterocycles. The number of aliphatic hydroxyl groups excluding tert-OH is 1. The molecule has 4 heterocycles. The van der Waals surface area contributed by atoms with Crippen LogP contribution in [0.5, 0.6) is 0 Å². The van der Waals surface area contributed by atoms with Crippen LogP contribution in [0, 0.1) is 12.8 Å². The number of carbonyl (C=O) groups excluding carboxylic acids is 1. The highest BCUT2D eigenvalue weighted by Gasteiger charge is 2.31. The van der Waals surface area contributed by atoms with Gasteiger partial charge in [-0.3, -0.25) is 9.48 Å². The quantitative estimate of drug-likeness (QED) is 0.415. The number of nitrogens with zero attached hydrogens (tertiary/aromatic N) is 6. The third-order valence-corrected chi connectivity index (χ3v) is 7.19. The third kappa shape index (κ3) is 6.12. The Morgan fingerprint density at radius 1 is 1.32 bits per heavy atom. The van der Waals surface area contributed by atoms with E-state index in [0.29, 0.717) is 37.0 Å². The van der Waals surface area contributed by atoms with E-state index >= 15 is 0 Å². The molecule has 2 N–H and O–H groups in total. The number of aryl methyl sites for hydroxylation is 1. The number of ether oxygens (including phenoxy) is 1. The molecule has 2 fully saturated rings. The maximum atomic E-state index is 13.1. The number of anilines is 1. The van der Waals surface area contributed by atoms with Gasteiger partial charge >= 0.3 is 0 Å². The van der Waals surface area contributed by atoms with Gasteiger partial charge in [-0.1, -0.05) is 24.0 Å². The number of rotatable bonds is 9. The number of hydrogen-bond acceptors (Lipinski definition) is 9. The highest BCUT2D eigenvalue weighted by atomic mass is 32.1. The molecule has 1 saturated carbocycles. The number of aliphatic hydroxyl groups is 1. The van der Waals surface area contributed by atoms with Crippen molar-refractivity contribution in [3.63, 3.8) is 0 Å². The fraction of sp³-hybridized carbons (Fsp3) is 0.423. The summed E-state index contributed by atoms with van der Waals surface area (Å²) in [6.45, 7) is 11.3. The molecule has 0 bridgehead atoms. The maximum Gasteiger partial charge on any atom is 0.274 e. The highest BCUT2D eigenvalue weighted by Crippen LogP contribution is 2.37. The van der Waals surface area contributed by atoms with Gasteiger partial charge in [-0.15, -0.1) is 0 Å². The largest absolute Gasteiger partial charge is 0.391 e. The normalized spacial score (nSPS) is 17.1. The molecule has 3 aromatic rings. The first-order valence-corrected chi connectivity index (χ1v) is 13.3. The van der Waals surface area contributed by atoms with Crippen LogP contribution in [0.1, 0.15) is 35.1 Å². The van der Waals surface area contributed by atoms with Crippen molar-refractivity contribution in [1.29, 1.82) is 0 Å². The number of aliphatic imine (C=N–C) groups is 1. The van der Waals surface area contributed by atoms with Crippen molar-refractivity contribution in [3.8, 4) is 11.3 Å². The van der Waals surface area contributed by atoms with Gasteiger partial charge in [0.15, 0.2) is 10.9 Å². The van der Waals surface area contributed by atoms with E-state index in [-0.39, 0.29) is 17.5 Å². The lowest BCUT2D eigenvalue weighted by atomic mass is 10.1. The van der Waals surface area contributed by atoms with Gasteiger partial charge in [0.1, 0.15) is 5.69 Å². The molecule has 1 aliphatic heterocycles. The Balaban J connectivity index is 1.31. The lowest BCUT2D eigenvalue weighted by Crippen LogP contribution is -2.36. The minimum absolute atomic E-state index is 0.264. The second-order valence-electron chi connectivity index (χ2n) is 9.39. The van der Waals surface area contributed by atoms with Crippen LogP contribution >= 0.6 is 11.3 Å². The SMILES string of the molecule is C=C(NC(=O)c1cccc(-c2cnn(C[C@H](C)O)c2)n1)/C(=N\c1nc(N2CCOCC2)sc1C)C1CC1. The minimum atomic E-state index is -0.509. The Kier molecular flexibility index (Phi) is 7.45. The zero-order valence-corrected chi connectivity index (χ0v) is 21.9. The summed E-state index contributed by atoms with van der Waals surface area (Å²) >= 11 is 1.63. The standard InChI is InChI=1S/C26H31N7O3S/c1-16(34)14-33-15-20(13-27-33)21-5-4-6-22(29-21)25(35)28-17(2)23(19-7-8-19)30-24-18(3)37-26(31-24)32-9-11-36-12-10-32/h4-6,13,15-16,19,34H,2,7-12,14H2,1,3H3,(H,28,35)/b30-23+/t16-/m0/s1. The molecular weight excluding hydrogens is 490 g/mol. The summed E-state index contributed by atoms with van der Waals surface area (Å²) in [5.74, 6) is 0.596. The van der Waals surface area contributed by atoms with Gasteiger partial charge in [0.2, 0.25) is 0 Å². The summed E-state index contributed by atoms with van der Waals surface area (Å²) in [5, 5.41) is 17.7. The molecule has 0 unspecified atom stereocenters. The van der Waals surface area contributed by atoms with E-state index in [2.05, 4.69) is 26.9 Å². The number of thiazole rings is 1. The van der Waals surface area contributed by atoms with E-state index in [1.54, 1.807) is 47.5 Å². The molecule has 194 valence electrons. The van der Waals surface area contributed by atoms with Crippen molar-refractivity contribution in [2.45, 2.75) is 39.3 Å². The Morgan fingerprint density at radius 2 is 2.11 bits per heavy atom. The number of morpholine rings is 1. The number of carbonyl (C=O) groups is 1. The van der Waals surface area contributed by atoms with Gasteiger partial charge in [-0.2, -0.15) is 5.10 Å². The number of amides is 1. The number of hydrogen-bond donors (Lipinski definition) is 2. The van der Waals surface area contributed by atoms with Gasteiger partial charge < -0.3 is 20.1 Å². The first-order chi connectivity index (χ1) is 17.9. The monoisotopic (exact) mass is 521 g/mol. The molecule has 0 spiro atoms. The Labute approximate surface area is 219 Å². The maximum absolute atomic E-state index is 13.1. The van der Waals surface area contributed by atoms with Crippen LogP contribution in [0.3, 0.4) is 0 Å².